The number of hydrogen-bond donors (Lipinski definition) is 1. The molecular weight excluding hydrogens is 170 g/mol. The Kier molecular flexibility index (Phi) is 1.72. The third kappa shape index (κ3) is 1.05. The standard InChI is InChI=1S/C13H17N/c1-10-3-5-11(6-4-10)12-13(9-14-12)7-2-8-13/h3-6,12,14H,2,7-9H2,1H3. The molecule has 2 fully saturated rings. The summed E-state index contributed by atoms with van der Waals surface area (Å²) in [6.45, 7) is 3.39. The molecule has 1 aliphatic heterocycles. The van der Waals surface area contributed by atoms with Gasteiger partial charge in [0.2, 0.25) is 0 Å². The predicted octanol–water partition coefficient (Wildman–Crippen LogP) is 2.81. The fraction of sp³-hybridized carbons (Fsp3) is 0.538. The summed E-state index contributed by atoms with van der Waals surface area (Å²) in [6, 6.07) is 9.67. The maximum Gasteiger partial charge on any atom is 0.0389 e. The van der Waals surface area contributed by atoms with Gasteiger partial charge in [-0.05, 0) is 25.3 Å². The molecule has 1 spiro atoms. The number of rotatable bonds is 1. The molecule has 14 heavy (non-hydrogen) atoms. The molecule has 0 amide bonds. The Morgan fingerprint density at radius 3 is 2.36 bits per heavy atom. The molecule has 1 N–H and O–H groups in total. The maximum atomic E-state index is 3.57. The first-order valence-electron chi connectivity index (χ1n) is 5.60. The molecule has 1 nitrogen and oxygen atoms in total. The van der Waals surface area contributed by atoms with Gasteiger partial charge in [0.05, 0.1) is 0 Å². The monoisotopic (exact) mass is 187 g/mol. The highest BCUT2D eigenvalue weighted by atomic mass is 15.1. The zero-order chi connectivity index (χ0) is 9.60. The first-order valence-corrected chi connectivity index (χ1v) is 5.60. The molecule has 1 saturated heterocycles. The van der Waals surface area contributed by atoms with Crippen LogP contribution in [0.3, 0.4) is 0 Å². The summed E-state index contributed by atoms with van der Waals surface area (Å²) < 4.78 is 0. The molecule has 0 aromatic heterocycles. The van der Waals surface area contributed by atoms with Gasteiger partial charge in [-0.2, -0.15) is 0 Å². The Morgan fingerprint density at radius 2 is 1.93 bits per heavy atom. The molecule has 1 aromatic rings. The van der Waals surface area contributed by atoms with Gasteiger partial charge in [-0.15, -0.1) is 0 Å². The van der Waals surface area contributed by atoms with Gasteiger partial charge in [0.15, 0.2) is 0 Å². The van der Waals surface area contributed by atoms with Crippen LogP contribution < -0.4 is 5.32 Å². The molecule has 1 aromatic carbocycles. The van der Waals surface area contributed by atoms with Crippen molar-refractivity contribution >= 4 is 0 Å². The van der Waals surface area contributed by atoms with E-state index in [1.807, 2.05) is 0 Å². The third-order valence-electron chi connectivity index (χ3n) is 4.03. The van der Waals surface area contributed by atoms with E-state index < -0.39 is 0 Å². The van der Waals surface area contributed by atoms with Gasteiger partial charge in [-0.3, -0.25) is 0 Å². The van der Waals surface area contributed by atoms with E-state index in [2.05, 4.69) is 36.5 Å². The van der Waals surface area contributed by atoms with E-state index in [1.165, 1.54) is 36.9 Å². The van der Waals surface area contributed by atoms with Crippen molar-refractivity contribution in [1.29, 1.82) is 0 Å². The van der Waals surface area contributed by atoms with Gasteiger partial charge in [-0.25, -0.2) is 0 Å². The summed E-state index contributed by atoms with van der Waals surface area (Å²) in [4.78, 5) is 0. The minimum atomic E-state index is 0.648. The van der Waals surface area contributed by atoms with E-state index in [0.29, 0.717) is 11.5 Å². The van der Waals surface area contributed by atoms with Crippen LogP contribution in [-0.4, -0.2) is 6.54 Å². The number of benzene rings is 1. The highest BCUT2D eigenvalue weighted by Gasteiger charge is 2.50. The van der Waals surface area contributed by atoms with Crippen LogP contribution in [0, 0.1) is 12.3 Å². The lowest BCUT2D eigenvalue weighted by Gasteiger charge is -2.57. The Bertz CT molecular complexity index is 329. The Hall–Kier alpha value is -0.820. The van der Waals surface area contributed by atoms with Crippen molar-refractivity contribution < 1.29 is 0 Å². The summed E-state index contributed by atoms with van der Waals surface area (Å²) >= 11 is 0. The first-order chi connectivity index (χ1) is 6.80. The van der Waals surface area contributed by atoms with Crippen LogP contribution in [0.2, 0.25) is 0 Å². The summed E-state index contributed by atoms with van der Waals surface area (Å²) in [5, 5.41) is 3.57. The van der Waals surface area contributed by atoms with Gasteiger partial charge < -0.3 is 5.32 Å². The van der Waals surface area contributed by atoms with E-state index >= 15 is 0 Å². The third-order valence-corrected chi connectivity index (χ3v) is 4.03. The van der Waals surface area contributed by atoms with Crippen LogP contribution in [0.5, 0.6) is 0 Å². The molecule has 1 saturated carbocycles. The molecule has 0 radical (unpaired) electrons. The number of aryl methyl sites for hydroxylation is 1. The second kappa shape index (κ2) is 2.83. The molecule has 74 valence electrons. The van der Waals surface area contributed by atoms with Gasteiger partial charge in [-0.1, -0.05) is 36.2 Å². The highest BCUT2D eigenvalue weighted by Crippen LogP contribution is 2.55. The van der Waals surface area contributed by atoms with Crippen LogP contribution in [-0.2, 0) is 0 Å². The topological polar surface area (TPSA) is 12.0 Å². The van der Waals surface area contributed by atoms with Gasteiger partial charge in [0.1, 0.15) is 0 Å². The minimum absolute atomic E-state index is 0.648. The molecular formula is C13H17N. The molecule has 1 unspecified atom stereocenters. The largest absolute Gasteiger partial charge is 0.309 e. The lowest BCUT2D eigenvalue weighted by molar-refractivity contribution is -0.00565. The molecule has 3 rings (SSSR count). The molecule has 1 heterocycles. The Balaban J connectivity index is 1.85. The smallest absolute Gasteiger partial charge is 0.0389 e. The predicted molar refractivity (Wildman–Crippen MR) is 58.2 cm³/mol. The molecule has 0 bridgehead atoms. The summed E-state index contributed by atoms with van der Waals surface area (Å²) in [7, 11) is 0. The summed E-state index contributed by atoms with van der Waals surface area (Å²) in [5.74, 6) is 0. The second-order valence-electron chi connectivity index (χ2n) is 4.94. The molecule has 1 atom stereocenters. The van der Waals surface area contributed by atoms with Crippen molar-refractivity contribution in [2.45, 2.75) is 32.2 Å². The number of nitrogens with one attached hydrogen (secondary N) is 1. The molecule has 1 aliphatic carbocycles. The van der Waals surface area contributed by atoms with Crippen LogP contribution in [0.25, 0.3) is 0 Å². The SMILES string of the molecule is Cc1ccc(C2NCC23CCC3)cc1. The minimum Gasteiger partial charge on any atom is -0.309 e. The van der Waals surface area contributed by atoms with Crippen molar-refractivity contribution in [2.75, 3.05) is 6.54 Å². The van der Waals surface area contributed by atoms with Crippen LogP contribution >= 0.6 is 0 Å². The fourth-order valence-corrected chi connectivity index (χ4v) is 2.82. The van der Waals surface area contributed by atoms with Crippen molar-refractivity contribution in [3.05, 3.63) is 35.4 Å². The quantitative estimate of drug-likeness (QED) is 0.713. The fourth-order valence-electron chi connectivity index (χ4n) is 2.82. The summed E-state index contributed by atoms with van der Waals surface area (Å²) in [5.41, 5.74) is 3.49. The van der Waals surface area contributed by atoms with Crippen molar-refractivity contribution in [1.82, 2.24) is 5.32 Å². The molecule has 1 heteroatoms. The van der Waals surface area contributed by atoms with E-state index in [-0.39, 0.29) is 0 Å². The van der Waals surface area contributed by atoms with E-state index in [4.69, 9.17) is 0 Å². The van der Waals surface area contributed by atoms with Crippen molar-refractivity contribution in [3.63, 3.8) is 0 Å². The zero-order valence-corrected chi connectivity index (χ0v) is 8.72. The average molecular weight is 187 g/mol. The molecule has 2 aliphatic rings. The zero-order valence-electron chi connectivity index (χ0n) is 8.72. The van der Waals surface area contributed by atoms with Crippen molar-refractivity contribution in [2.24, 2.45) is 5.41 Å². The average Bonchev–Trinajstić information content (AvgIpc) is 2.04. The Morgan fingerprint density at radius 1 is 1.21 bits per heavy atom. The lowest BCUT2D eigenvalue weighted by Crippen LogP contribution is -2.59. The van der Waals surface area contributed by atoms with Crippen LogP contribution in [0.15, 0.2) is 24.3 Å². The lowest BCUT2D eigenvalue weighted by atomic mass is 9.58. The maximum absolute atomic E-state index is 3.57. The van der Waals surface area contributed by atoms with Crippen LogP contribution in [0.4, 0.5) is 0 Å². The van der Waals surface area contributed by atoms with Crippen molar-refractivity contribution in [3.8, 4) is 0 Å². The highest BCUT2D eigenvalue weighted by molar-refractivity contribution is 5.29. The van der Waals surface area contributed by atoms with Gasteiger partial charge in [0, 0.05) is 18.0 Å². The van der Waals surface area contributed by atoms with E-state index in [9.17, 15) is 0 Å². The second-order valence-corrected chi connectivity index (χ2v) is 4.94. The summed E-state index contributed by atoms with van der Waals surface area (Å²) in [6.07, 6.45) is 4.29. The Labute approximate surface area is 85.5 Å². The number of hydrogen-bond acceptors (Lipinski definition) is 1. The van der Waals surface area contributed by atoms with E-state index in [0.717, 1.165) is 0 Å². The van der Waals surface area contributed by atoms with Crippen LogP contribution in [0.1, 0.15) is 36.4 Å². The first kappa shape index (κ1) is 8.49. The normalized spacial score (nSPS) is 28.2. The van der Waals surface area contributed by atoms with Gasteiger partial charge in [0.25, 0.3) is 0 Å². The van der Waals surface area contributed by atoms with E-state index in [1.54, 1.807) is 0 Å². The van der Waals surface area contributed by atoms with Gasteiger partial charge >= 0.3 is 0 Å².